The lowest BCUT2D eigenvalue weighted by Gasteiger charge is -2.21. The van der Waals surface area contributed by atoms with Crippen molar-refractivity contribution >= 4 is 51.6 Å². The van der Waals surface area contributed by atoms with Crippen molar-refractivity contribution in [1.29, 1.82) is 0 Å². The van der Waals surface area contributed by atoms with Gasteiger partial charge in [-0.1, -0.05) is 30.1 Å². The molecule has 0 atom stereocenters. The summed E-state index contributed by atoms with van der Waals surface area (Å²) in [7, 11) is 0. The number of nitrogens with one attached hydrogen (secondary N) is 2. The first-order valence-corrected chi connectivity index (χ1v) is 10.5. The summed E-state index contributed by atoms with van der Waals surface area (Å²) in [5.74, 6) is 0.128. The molecule has 1 heterocycles. The number of nitrogens with zero attached hydrogens (tertiary/aromatic N) is 1. The van der Waals surface area contributed by atoms with Crippen molar-refractivity contribution in [3.05, 3.63) is 58.2 Å². The second-order valence-electron chi connectivity index (χ2n) is 6.76. The van der Waals surface area contributed by atoms with Crippen LogP contribution in [0, 0.1) is 0 Å². The van der Waals surface area contributed by atoms with Crippen LogP contribution in [0.5, 0.6) is 5.75 Å². The number of fused-ring (bicyclic) bond motifs is 1. The van der Waals surface area contributed by atoms with Crippen molar-refractivity contribution in [2.24, 2.45) is 0 Å². The topological polar surface area (TPSA) is 74.4 Å². The van der Waals surface area contributed by atoms with Crippen LogP contribution in [-0.4, -0.2) is 41.4 Å². The largest absolute Gasteiger partial charge is 0.494 e. The number of halogens is 2. The van der Waals surface area contributed by atoms with E-state index in [1.165, 1.54) is 4.90 Å². The first-order valence-electron chi connectivity index (χ1n) is 9.71. The Hall–Kier alpha value is -2.70. The fourth-order valence-corrected chi connectivity index (χ4v) is 3.46. The van der Waals surface area contributed by atoms with Gasteiger partial charge in [-0.2, -0.15) is 0 Å². The van der Waals surface area contributed by atoms with Crippen LogP contribution in [0.4, 0.5) is 5.69 Å². The molecule has 0 unspecified atom stereocenters. The van der Waals surface area contributed by atoms with Crippen molar-refractivity contribution < 1.29 is 14.3 Å². The summed E-state index contributed by atoms with van der Waals surface area (Å²) in [6.07, 6.45) is 0.714. The lowest BCUT2D eigenvalue weighted by Crippen LogP contribution is -2.38. The molecule has 0 saturated heterocycles. The van der Waals surface area contributed by atoms with Gasteiger partial charge in [-0.3, -0.25) is 9.59 Å². The monoisotopic (exact) mass is 447 g/mol. The molecule has 2 N–H and O–H groups in total. The lowest BCUT2D eigenvalue weighted by molar-refractivity contribution is -0.116. The number of ether oxygens (including phenoxy) is 1. The van der Waals surface area contributed by atoms with Crippen LogP contribution in [0.25, 0.3) is 10.9 Å². The Labute approximate surface area is 185 Å². The first kappa shape index (κ1) is 22.0. The van der Waals surface area contributed by atoms with Gasteiger partial charge in [-0.15, -0.1) is 0 Å². The van der Waals surface area contributed by atoms with Crippen LogP contribution in [0.2, 0.25) is 10.0 Å². The van der Waals surface area contributed by atoms with Crippen molar-refractivity contribution in [3.8, 4) is 5.75 Å². The molecule has 2 amide bonds. The summed E-state index contributed by atoms with van der Waals surface area (Å²) < 4.78 is 5.51. The predicted molar refractivity (Wildman–Crippen MR) is 121 cm³/mol. The third-order valence-electron chi connectivity index (χ3n) is 4.45. The molecule has 0 fully saturated rings. The Balaban J connectivity index is 1.76. The minimum Gasteiger partial charge on any atom is -0.494 e. The van der Waals surface area contributed by atoms with Crippen molar-refractivity contribution in [2.45, 2.75) is 20.3 Å². The third-order valence-corrected chi connectivity index (χ3v) is 5.02. The molecule has 0 aliphatic rings. The van der Waals surface area contributed by atoms with Crippen LogP contribution in [0.15, 0.2) is 42.5 Å². The summed E-state index contributed by atoms with van der Waals surface area (Å²) in [5, 5.41) is 4.45. The van der Waals surface area contributed by atoms with Gasteiger partial charge in [0.25, 0.3) is 5.91 Å². The van der Waals surface area contributed by atoms with Gasteiger partial charge >= 0.3 is 0 Å². The van der Waals surface area contributed by atoms with Gasteiger partial charge in [0.15, 0.2) is 0 Å². The molecular weight excluding hydrogens is 425 g/mol. The molecule has 0 bridgehead atoms. The number of hydrogen-bond donors (Lipinski definition) is 2. The molecule has 0 aliphatic heterocycles. The van der Waals surface area contributed by atoms with E-state index in [2.05, 4.69) is 10.3 Å². The average molecular weight is 448 g/mol. The van der Waals surface area contributed by atoms with Crippen molar-refractivity contribution in [2.75, 3.05) is 25.0 Å². The molecule has 1 aromatic heterocycles. The molecule has 0 radical (unpaired) electrons. The zero-order valence-electron chi connectivity index (χ0n) is 16.8. The van der Waals surface area contributed by atoms with Gasteiger partial charge in [0.2, 0.25) is 5.91 Å². The van der Waals surface area contributed by atoms with E-state index in [0.29, 0.717) is 41.0 Å². The van der Waals surface area contributed by atoms with Gasteiger partial charge in [0.1, 0.15) is 18.0 Å². The molecule has 158 valence electrons. The Morgan fingerprint density at radius 3 is 2.63 bits per heavy atom. The number of aromatic amines is 1. The second-order valence-corrected chi connectivity index (χ2v) is 7.61. The Morgan fingerprint density at radius 1 is 1.10 bits per heavy atom. The smallest absolute Gasteiger partial charge is 0.270 e. The number of amides is 2. The second kappa shape index (κ2) is 9.87. The van der Waals surface area contributed by atoms with E-state index >= 15 is 0 Å². The number of H-pyrrole nitrogens is 1. The number of benzene rings is 2. The lowest BCUT2D eigenvalue weighted by atomic mass is 10.2. The van der Waals surface area contributed by atoms with Gasteiger partial charge in [-0.25, -0.2) is 0 Å². The summed E-state index contributed by atoms with van der Waals surface area (Å²) in [4.78, 5) is 30.2. The van der Waals surface area contributed by atoms with Gasteiger partial charge in [-0.05, 0) is 49.7 Å². The summed E-state index contributed by atoms with van der Waals surface area (Å²) in [6, 6.07) is 12.2. The maximum absolute atomic E-state index is 13.1. The third kappa shape index (κ3) is 5.26. The number of carbonyl (C=O) groups is 2. The van der Waals surface area contributed by atoms with E-state index in [9.17, 15) is 9.59 Å². The molecule has 8 heteroatoms. The highest BCUT2D eigenvalue weighted by molar-refractivity contribution is 6.35. The molecule has 0 aliphatic carbocycles. The zero-order chi connectivity index (χ0) is 21.7. The Bertz CT molecular complexity index is 1060. The highest BCUT2D eigenvalue weighted by Gasteiger charge is 2.20. The van der Waals surface area contributed by atoms with Crippen LogP contribution in [0.1, 0.15) is 30.8 Å². The summed E-state index contributed by atoms with van der Waals surface area (Å²) in [6.45, 7) is 4.77. The Kier molecular flexibility index (Phi) is 7.24. The number of carbonyl (C=O) groups excluding carboxylic acids is 2. The fourth-order valence-electron chi connectivity index (χ4n) is 3.13. The summed E-state index contributed by atoms with van der Waals surface area (Å²) in [5.41, 5.74) is 1.63. The molecule has 3 aromatic rings. The number of anilines is 1. The van der Waals surface area contributed by atoms with Gasteiger partial charge < -0.3 is 19.9 Å². The molecule has 2 aromatic carbocycles. The van der Waals surface area contributed by atoms with E-state index in [1.807, 2.05) is 32.0 Å². The van der Waals surface area contributed by atoms with E-state index in [4.69, 9.17) is 27.9 Å². The standard InChI is InChI=1S/C22H23Cl2N3O3/c1-3-9-27(13-21(28)26-19-11-15(23)6-8-17(19)24)22(29)20-10-14-5-7-16(30-4-2)12-18(14)25-20/h5-8,10-12,25H,3-4,9,13H2,1-2H3,(H,26,28). The molecular formula is C22H23Cl2N3O3. The van der Waals surface area contributed by atoms with Crippen LogP contribution >= 0.6 is 23.2 Å². The average Bonchev–Trinajstić information content (AvgIpc) is 3.13. The number of hydrogen-bond acceptors (Lipinski definition) is 3. The molecule has 3 rings (SSSR count). The highest BCUT2D eigenvalue weighted by Crippen LogP contribution is 2.26. The molecule has 0 saturated carbocycles. The normalized spacial score (nSPS) is 10.8. The summed E-state index contributed by atoms with van der Waals surface area (Å²) >= 11 is 12.1. The van der Waals surface area contributed by atoms with E-state index in [1.54, 1.807) is 24.3 Å². The maximum Gasteiger partial charge on any atom is 0.270 e. The van der Waals surface area contributed by atoms with Gasteiger partial charge in [0, 0.05) is 28.5 Å². The Morgan fingerprint density at radius 2 is 1.90 bits per heavy atom. The minimum absolute atomic E-state index is 0.102. The van der Waals surface area contributed by atoms with Crippen LogP contribution in [0.3, 0.4) is 0 Å². The number of rotatable bonds is 8. The minimum atomic E-state index is -0.351. The first-order chi connectivity index (χ1) is 14.4. The fraction of sp³-hybridized carbons (Fsp3) is 0.273. The van der Waals surface area contributed by atoms with Crippen molar-refractivity contribution in [1.82, 2.24) is 9.88 Å². The predicted octanol–water partition coefficient (Wildman–Crippen LogP) is 5.36. The maximum atomic E-state index is 13.1. The van der Waals surface area contributed by atoms with Crippen molar-refractivity contribution in [3.63, 3.8) is 0 Å². The van der Waals surface area contributed by atoms with E-state index < -0.39 is 0 Å². The van der Waals surface area contributed by atoms with Crippen LogP contribution in [-0.2, 0) is 4.79 Å². The quantitative estimate of drug-likeness (QED) is 0.487. The SMILES string of the molecule is CCCN(CC(=O)Nc1cc(Cl)ccc1Cl)C(=O)c1cc2ccc(OCC)cc2[nH]1. The van der Waals surface area contributed by atoms with E-state index in [0.717, 1.165) is 16.7 Å². The van der Waals surface area contributed by atoms with Crippen LogP contribution < -0.4 is 10.1 Å². The molecule has 30 heavy (non-hydrogen) atoms. The van der Waals surface area contributed by atoms with E-state index in [-0.39, 0.29) is 18.4 Å². The zero-order valence-corrected chi connectivity index (χ0v) is 18.3. The molecule has 0 spiro atoms. The molecule has 6 nitrogen and oxygen atoms in total. The highest BCUT2D eigenvalue weighted by atomic mass is 35.5. The number of aromatic nitrogens is 1. The van der Waals surface area contributed by atoms with Gasteiger partial charge in [0.05, 0.1) is 17.3 Å².